The molecular formula is C12H8N4O. The molecule has 5 heteroatoms. The molecule has 0 saturated carbocycles. The Hall–Kier alpha value is -2.56. The number of rotatable bonds is 1. The fourth-order valence-corrected chi connectivity index (χ4v) is 1.62. The number of nitrogens with zero attached hydrogens (tertiary/aromatic N) is 3. The van der Waals surface area contributed by atoms with E-state index in [2.05, 4.69) is 20.3 Å². The lowest BCUT2D eigenvalue weighted by molar-refractivity contribution is -0.115. The summed E-state index contributed by atoms with van der Waals surface area (Å²) in [6.07, 6.45) is 6.39. The van der Waals surface area contributed by atoms with Crippen molar-refractivity contribution in [2.75, 3.05) is 0 Å². The average Bonchev–Trinajstić information content (AvgIpc) is 2.75. The van der Waals surface area contributed by atoms with Crippen LogP contribution in [0.2, 0.25) is 0 Å². The second kappa shape index (κ2) is 3.79. The van der Waals surface area contributed by atoms with Crippen LogP contribution < -0.4 is 5.32 Å². The number of aromatic nitrogens is 2. The van der Waals surface area contributed by atoms with Crippen molar-refractivity contribution in [3.05, 3.63) is 41.9 Å². The van der Waals surface area contributed by atoms with E-state index < -0.39 is 0 Å². The van der Waals surface area contributed by atoms with Crippen LogP contribution in [0.3, 0.4) is 0 Å². The van der Waals surface area contributed by atoms with Gasteiger partial charge >= 0.3 is 0 Å². The lowest BCUT2D eigenvalue weighted by atomic mass is 10.1. The highest BCUT2D eigenvalue weighted by atomic mass is 16.2. The summed E-state index contributed by atoms with van der Waals surface area (Å²) in [5.41, 5.74) is 2.90. The van der Waals surface area contributed by atoms with Crippen LogP contribution >= 0.6 is 0 Å². The van der Waals surface area contributed by atoms with Gasteiger partial charge in [0.15, 0.2) is 0 Å². The van der Waals surface area contributed by atoms with Gasteiger partial charge in [-0.05, 0) is 23.8 Å². The van der Waals surface area contributed by atoms with Gasteiger partial charge in [-0.2, -0.15) is 0 Å². The van der Waals surface area contributed by atoms with E-state index in [9.17, 15) is 4.79 Å². The Balaban J connectivity index is 2.07. The summed E-state index contributed by atoms with van der Waals surface area (Å²) in [6, 6.07) is 5.62. The first-order valence-corrected chi connectivity index (χ1v) is 5.09. The van der Waals surface area contributed by atoms with Gasteiger partial charge in [-0.25, -0.2) is 4.99 Å². The zero-order valence-electron chi connectivity index (χ0n) is 8.79. The molecule has 1 amide bonds. The Labute approximate surface area is 96.9 Å². The van der Waals surface area contributed by atoms with Gasteiger partial charge in [-0.3, -0.25) is 14.8 Å². The lowest BCUT2D eigenvalue weighted by Gasteiger charge is -1.98. The molecule has 1 N–H and O–H groups in total. The number of benzene rings is 1. The normalized spacial score (nSPS) is 16.7. The Morgan fingerprint density at radius 3 is 2.71 bits per heavy atom. The smallest absolute Gasteiger partial charge is 0.275 e. The molecule has 0 saturated heterocycles. The van der Waals surface area contributed by atoms with Crippen molar-refractivity contribution in [3.8, 4) is 0 Å². The van der Waals surface area contributed by atoms with Crippen molar-refractivity contribution < 1.29 is 4.79 Å². The minimum absolute atomic E-state index is 0.191. The van der Waals surface area contributed by atoms with E-state index in [0.717, 1.165) is 16.6 Å². The van der Waals surface area contributed by atoms with Crippen LogP contribution in [0.1, 0.15) is 5.56 Å². The van der Waals surface area contributed by atoms with Crippen LogP contribution in [0.15, 0.2) is 41.3 Å². The molecule has 5 nitrogen and oxygen atoms in total. The number of nitrogens with one attached hydrogen (secondary N) is 1. The molecule has 0 atom stereocenters. The van der Waals surface area contributed by atoms with Gasteiger partial charge in [0.05, 0.1) is 17.4 Å². The second-order valence-electron chi connectivity index (χ2n) is 3.57. The highest BCUT2D eigenvalue weighted by Gasteiger charge is 2.11. The fraction of sp³-hybridized carbons (Fsp3) is 0. The highest BCUT2D eigenvalue weighted by Crippen LogP contribution is 2.15. The predicted molar refractivity (Wildman–Crippen MR) is 64.1 cm³/mol. The average molecular weight is 224 g/mol. The minimum Gasteiger partial charge on any atom is -0.311 e. The van der Waals surface area contributed by atoms with E-state index in [-0.39, 0.29) is 5.91 Å². The Bertz CT molecular complexity index is 660. The van der Waals surface area contributed by atoms with Crippen LogP contribution in [0.25, 0.3) is 17.1 Å². The molecule has 0 radical (unpaired) electrons. The zero-order chi connectivity index (χ0) is 11.7. The number of hydrogen-bond acceptors (Lipinski definition) is 4. The first-order valence-electron chi connectivity index (χ1n) is 5.09. The molecule has 0 fully saturated rings. The number of carbonyl (C=O) groups is 1. The number of fused-ring (bicyclic) bond motifs is 1. The van der Waals surface area contributed by atoms with Gasteiger partial charge in [-0.15, -0.1) is 0 Å². The Kier molecular flexibility index (Phi) is 2.15. The number of hydrogen-bond donors (Lipinski definition) is 1. The van der Waals surface area contributed by atoms with Crippen molar-refractivity contribution in [1.82, 2.24) is 15.3 Å². The van der Waals surface area contributed by atoms with E-state index in [1.54, 1.807) is 18.5 Å². The summed E-state index contributed by atoms with van der Waals surface area (Å²) in [5, 5.41) is 2.50. The van der Waals surface area contributed by atoms with E-state index in [1.165, 1.54) is 6.34 Å². The van der Waals surface area contributed by atoms with Gasteiger partial charge in [0.2, 0.25) is 0 Å². The molecule has 0 unspecified atom stereocenters. The second-order valence-corrected chi connectivity index (χ2v) is 3.57. The molecule has 0 bridgehead atoms. The van der Waals surface area contributed by atoms with Crippen LogP contribution in [-0.4, -0.2) is 22.2 Å². The van der Waals surface area contributed by atoms with Gasteiger partial charge in [-0.1, -0.05) is 6.07 Å². The van der Waals surface area contributed by atoms with Crippen LogP contribution in [0, 0.1) is 0 Å². The van der Waals surface area contributed by atoms with Crippen molar-refractivity contribution in [3.63, 3.8) is 0 Å². The highest BCUT2D eigenvalue weighted by molar-refractivity contribution is 6.08. The number of carbonyl (C=O) groups excluding carboxylic acids is 1. The molecule has 0 spiro atoms. The van der Waals surface area contributed by atoms with Crippen molar-refractivity contribution in [1.29, 1.82) is 0 Å². The van der Waals surface area contributed by atoms with Crippen molar-refractivity contribution >= 4 is 29.4 Å². The molecule has 1 aromatic heterocycles. The Morgan fingerprint density at radius 2 is 1.94 bits per heavy atom. The summed E-state index contributed by atoms with van der Waals surface area (Å²) in [7, 11) is 0. The zero-order valence-corrected chi connectivity index (χ0v) is 8.79. The van der Waals surface area contributed by atoms with Gasteiger partial charge in [0.25, 0.3) is 5.91 Å². The van der Waals surface area contributed by atoms with E-state index in [1.807, 2.05) is 18.2 Å². The number of amides is 1. The Morgan fingerprint density at radius 1 is 1.12 bits per heavy atom. The predicted octanol–water partition coefficient (Wildman–Crippen LogP) is 1.13. The third-order valence-corrected chi connectivity index (χ3v) is 2.43. The maximum absolute atomic E-state index is 11.3. The van der Waals surface area contributed by atoms with Gasteiger partial charge < -0.3 is 5.32 Å². The SMILES string of the molecule is O=C1NC=NC1=Cc1ccc2nccnc2c1. The third-order valence-electron chi connectivity index (χ3n) is 2.43. The molecule has 82 valence electrons. The molecule has 1 aliphatic heterocycles. The third kappa shape index (κ3) is 1.78. The van der Waals surface area contributed by atoms with Gasteiger partial charge in [0, 0.05) is 12.4 Å². The maximum atomic E-state index is 11.3. The summed E-state index contributed by atoms with van der Waals surface area (Å²) < 4.78 is 0. The first-order chi connectivity index (χ1) is 8.33. The fourth-order valence-electron chi connectivity index (χ4n) is 1.62. The monoisotopic (exact) mass is 224 g/mol. The minimum atomic E-state index is -0.191. The van der Waals surface area contributed by atoms with Crippen molar-refractivity contribution in [2.45, 2.75) is 0 Å². The van der Waals surface area contributed by atoms with Crippen LogP contribution in [0.5, 0.6) is 0 Å². The molecule has 2 heterocycles. The number of aliphatic imine (C=N–C) groups is 1. The molecule has 1 aliphatic rings. The van der Waals surface area contributed by atoms with Crippen LogP contribution in [-0.2, 0) is 4.79 Å². The maximum Gasteiger partial charge on any atom is 0.275 e. The van der Waals surface area contributed by atoms with Gasteiger partial charge in [0.1, 0.15) is 5.70 Å². The van der Waals surface area contributed by atoms with E-state index >= 15 is 0 Å². The first kappa shape index (κ1) is 9.65. The molecular weight excluding hydrogens is 216 g/mol. The topological polar surface area (TPSA) is 67.2 Å². The largest absolute Gasteiger partial charge is 0.311 e. The molecule has 3 rings (SSSR count). The molecule has 17 heavy (non-hydrogen) atoms. The summed E-state index contributed by atoms with van der Waals surface area (Å²) in [6.45, 7) is 0. The summed E-state index contributed by atoms with van der Waals surface area (Å²) in [4.78, 5) is 23.6. The quantitative estimate of drug-likeness (QED) is 0.738. The van der Waals surface area contributed by atoms with Crippen molar-refractivity contribution in [2.24, 2.45) is 4.99 Å². The van der Waals surface area contributed by atoms with Crippen LogP contribution in [0.4, 0.5) is 0 Å². The molecule has 2 aromatic rings. The molecule has 0 aliphatic carbocycles. The van der Waals surface area contributed by atoms with E-state index in [4.69, 9.17) is 0 Å². The van der Waals surface area contributed by atoms with E-state index in [0.29, 0.717) is 5.70 Å². The summed E-state index contributed by atoms with van der Waals surface area (Å²) >= 11 is 0. The lowest BCUT2D eigenvalue weighted by Crippen LogP contribution is -2.14. The summed E-state index contributed by atoms with van der Waals surface area (Å²) in [5.74, 6) is -0.191. The molecule has 1 aromatic carbocycles. The standard InChI is InChI=1S/C12H8N4O/c17-12-11(15-7-16-12)6-8-1-2-9-10(5-8)14-4-3-13-9/h1-7H,(H,15,16,17).